The number of nitrogens with two attached hydrogens (primary N) is 1. The molecule has 7 heteroatoms. The third kappa shape index (κ3) is 5.44. The van der Waals surface area contributed by atoms with Crippen molar-refractivity contribution in [2.75, 3.05) is 0 Å². The third-order valence-corrected chi connectivity index (χ3v) is 2.69. The monoisotopic (exact) mass is 246 g/mol. The topological polar surface area (TPSA) is 109 Å². The fraction of sp³-hybridized carbons (Fsp3) is 0.222. The van der Waals surface area contributed by atoms with E-state index in [4.69, 9.17) is 15.7 Å². The van der Waals surface area contributed by atoms with Gasteiger partial charge in [-0.05, 0) is 19.1 Å². The van der Waals surface area contributed by atoms with Gasteiger partial charge in [0.25, 0.3) is 16.0 Å². The molecule has 1 aromatic carbocycles. The highest BCUT2D eigenvalue weighted by Gasteiger charge is 2.09. The zero-order chi connectivity index (χ0) is 12.8. The first-order chi connectivity index (χ1) is 7.29. The summed E-state index contributed by atoms with van der Waals surface area (Å²) in [5.74, 6) is 4.01. The molecule has 4 N–H and O–H groups in total. The van der Waals surface area contributed by atoms with E-state index in [1.54, 1.807) is 17.0 Å². The zero-order valence-corrected chi connectivity index (χ0v) is 9.78. The van der Waals surface area contributed by atoms with E-state index in [9.17, 15) is 8.42 Å². The summed E-state index contributed by atoms with van der Waals surface area (Å²) in [4.78, 5) is 10.9. The lowest BCUT2D eigenvalue weighted by molar-refractivity contribution is -0.134. The van der Waals surface area contributed by atoms with E-state index in [-0.39, 0.29) is 4.90 Å². The number of carbonyl (C=O) groups is 1. The predicted octanol–water partition coefficient (Wildman–Crippen LogP) is 0.238. The zero-order valence-electron chi connectivity index (χ0n) is 8.97. The number of aryl methyl sites for hydroxylation is 1. The van der Waals surface area contributed by atoms with Crippen molar-refractivity contribution in [3.05, 3.63) is 29.8 Å². The van der Waals surface area contributed by atoms with Crippen molar-refractivity contribution in [1.82, 2.24) is 4.83 Å². The number of carboxylic acids is 1. The molecular formula is C9H14N2O4S. The van der Waals surface area contributed by atoms with Crippen LogP contribution in [0.3, 0.4) is 0 Å². The minimum absolute atomic E-state index is 0.176. The van der Waals surface area contributed by atoms with E-state index >= 15 is 0 Å². The second-order valence-corrected chi connectivity index (χ2v) is 4.67. The lowest BCUT2D eigenvalue weighted by atomic mass is 10.2. The highest BCUT2D eigenvalue weighted by Crippen LogP contribution is 2.08. The number of carboxylic acid groups (broad SMARTS) is 1. The standard InChI is InChI=1S/C7H10N2O2S.C2H4O2/c1-6-2-4-7(5-3-6)12(10,11)9-8;1-2(3)4/h2-5,9H,8H2,1H3;1H3,(H,3,4). The molecule has 0 saturated carbocycles. The molecule has 0 radical (unpaired) electrons. The van der Waals surface area contributed by atoms with E-state index in [0.29, 0.717) is 0 Å². The first-order valence-corrected chi connectivity index (χ1v) is 5.76. The van der Waals surface area contributed by atoms with Gasteiger partial charge in [0, 0.05) is 6.92 Å². The van der Waals surface area contributed by atoms with Crippen LogP contribution in [0.4, 0.5) is 0 Å². The molecule has 0 fully saturated rings. The van der Waals surface area contributed by atoms with Gasteiger partial charge in [-0.3, -0.25) is 10.6 Å². The van der Waals surface area contributed by atoms with E-state index in [2.05, 4.69) is 0 Å². The normalized spacial score (nSPS) is 10.2. The Morgan fingerprint density at radius 1 is 1.31 bits per heavy atom. The summed E-state index contributed by atoms with van der Waals surface area (Å²) >= 11 is 0. The van der Waals surface area contributed by atoms with Crippen LogP contribution in [-0.2, 0) is 14.8 Å². The number of hydrazine groups is 1. The van der Waals surface area contributed by atoms with Gasteiger partial charge in [-0.15, -0.1) is 0 Å². The summed E-state index contributed by atoms with van der Waals surface area (Å²) in [5, 5.41) is 7.42. The predicted molar refractivity (Wildman–Crippen MR) is 59.0 cm³/mol. The van der Waals surface area contributed by atoms with Crippen molar-refractivity contribution in [2.45, 2.75) is 18.7 Å². The first-order valence-electron chi connectivity index (χ1n) is 4.28. The minimum atomic E-state index is -3.49. The second-order valence-electron chi connectivity index (χ2n) is 2.95. The number of benzene rings is 1. The molecule has 0 saturated heterocycles. The maximum Gasteiger partial charge on any atom is 0.300 e. The first kappa shape index (κ1) is 14.6. The molecule has 6 nitrogen and oxygen atoms in total. The quantitative estimate of drug-likeness (QED) is 0.511. The van der Waals surface area contributed by atoms with Gasteiger partial charge in [0.1, 0.15) is 0 Å². The molecular weight excluding hydrogens is 232 g/mol. The smallest absolute Gasteiger partial charge is 0.300 e. The average Bonchev–Trinajstić information content (AvgIpc) is 2.17. The summed E-state index contributed by atoms with van der Waals surface area (Å²) < 4.78 is 22.2. The molecule has 0 bridgehead atoms. The summed E-state index contributed by atoms with van der Waals surface area (Å²) in [6.45, 7) is 2.96. The molecule has 0 heterocycles. The van der Waals surface area contributed by atoms with Crippen LogP contribution in [0.1, 0.15) is 12.5 Å². The Hall–Kier alpha value is -1.44. The minimum Gasteiger partial charge on any atom is -0.481 e. The lowest BCUT2D eigenvalue weighted by Crippen LogP contribution is -2.30. The van der Waals surface area contributed by atoms with Crippen LogP contribution in [-0.4, -0.2) is 19.5 Å². The van der Waals surface area contributed by atoms with Crippen molar-refractivity contribution < 1.29 is 18.3 Å². The Kier molecular flexibility index (Phi) is 5.65. The highest BCUT2D eigenvalue weighted by atomic mass is 32.2. The number of rotatable bonds is 2. The Morgan fingerprint density at radius 2 is 1.69 bits per heavy atom. The number of hydrogen-bond donors (Lipinski definition) is 3. The summed E-state index contributed by atoms with van der Waals surface area (Å²) in [5.41, 5.74) is 1.01. The van der Waals surface area contributed by atoms with Gasteiger partial charge in [-0.25, -0.2) is 8.42 Å². The number of nitrogens with one attached hydrogen (secondary N) is 1. The SMILES string of the molecule is CC(=O)O.Cc1ccc(S(=O)(=O)NN)cc1. The Labute approximate surface area is 94.1 Å². The Balaban J connectivity index is 0.000000487. The van der Waals surface area contributed by atoms with Crippen molar-refractivity contribution in [3.63, 3.8) is 0 Å². The second kappa shape index (κ2) is 6.21. The van der Waals surface area contributed by atoms with Crippen molar-refractivity contribution in [1.29, 1.82) is 0 Å². The van der Waals surface area contributed by atoms with Crippen LogP contribution < -0.4 is 10.7 Å². The molecule has 0 atom stereocenters. The van der Waals surface area contributed by atoms with Gasteiger partial charge in [0.15, 0.2) is 0 Å². The van der Waals surface area contributed by atoms with Gasteiger partial charge in [0.05, 0.1) is 4.90 Å². The van der Waals surface area contributed by atoms with Crippen LogP contribution in [0.15, 0.2) is 29.2 Å². The number of aliphatic carboxylic acids is 1. The van der Waals surface area contributed by atoms with Crippen LogP contribution in [0.25, 0.3) is 0 Å². The average molecular weight is 246 g/mol. The van der Waals surface area contributed by atoms with Crippen molar-refractivity contribution in [3.8, 4) is 0 Å². The van der Waals surface area contributed by atoms with E-state index < -0.39 is 16.0 Å². The van der Waals surface area contributed by atoms with Gasteiger partial charge in [0.2, 0.25) is 0 Å². The number of hydrogen-bond acceptors (Lipinski definition) is 4. The fourth-order valence-corrected chi connectivity index (χ4v) is 1.42. The third-order valence-electron chi connectivity index (χ3n) is 1.49. The van der Waals surface area contributed by atoms with Crippen LogP contribution in [0, 0.1) is 6.92 Å². The van der Waals surface area contributed by atoms with Crippen molar-refractivity contribution >= 4 is 16.0 Å². The molecule has 1 rings (SSSR count). The van der Waals surface area contributed by atoms with Crippen LogP contribution in [0.5, 0.6) is 0 Å². The maximum atomic E-state index is 11.1. The molecule has 0 spiro atoms. The largest absolute Gasteiger partial charge is 0.481 e. The summed E-state index contributed by atoms with van der Waals surface area (Å²) in [7, 11) is -3.49. The molecule has 0 amide bonds. The molecule has 0 aromatic heterocycles. The number of sulfonamides is 1. The molecule has 1 aromatic rings. The molecule has 0 aliphatic heterocycles. The van der Waals surface area contributed by atoms with Gasteiger partial charge in [-0.1, -0.05) is 17.7 Å². The highest BCUT2D eigenvalue weighted by molar-refractivity contribution is 7.89. The summed E-state index contributed by atoms with van der Waals surface area (Å²) in [6, 6.07) is 6.43. The lowest BCUT2D eigenvalue weighted by Gasteiger charge is -2.01. The Morgan fingerprint density at radius 3 is 2.00 bits per heavy atom. The summed E-state index contributed by atoms with van der Waals surface area (Å²) in [6.07, 6.45) is 0. The van der Waals surface area contributed by atoms with Gasteiger partial charge < -0.3 is 5.11 Å². The van der Waals surface area contributed by atoms with Crippen LogP contribution in [0.2, 0.25) is 0 Å². The maximum absolute atomic E-state index is 11.1. The molecule has 0 aliphatic carbocycles. The van der Waals surface area contributed by atoms with Crippen molar-refractivity contribution in [2.24, 2.45) is 5.84 Å². The van der Waals surface area contributed by atoms with Gasteiger partial charge >= 0.3 is 0 Å². The van der Waals surface area contributed by atoms with Gasteiger partial charge in [-0.2, -0.15) is 4.83 Å². The molecule has 0 unspecified atom stereocenters. The van der Waals surface area contributed by atoms with E-state index in [1.165, 1.54) is 12.1 Å². The Bertz CT molecular complexity index is 435. The molecule has 0 aliphatic rings. The molecule has 90 valence electrons. The van der Waals surface area contributed by atoms with E-state index in [1.807, 2.05) is 6.92 Å². The molecule has 16 heavy (non-hydrogen) atoms. The van der Waals surface area contributed by atoms with Crippen LogP contribution >= 0.6 is 0 Å². The fourth-order valence-electron chi connectivity index (χ4n) is 0.785. The van der Waals surface area contributed by atoms with E-state index in [0.717, 1.165) is 12.5 Å².